The maximum atomic E-state index is 11.2. The molecule has 1 heterocycles. The number of hydrogen-bond acceptors (Lipinski definition) is 5. The Morgan fingerprint density at radius 2 is 2.25 bits per heavy atom. The van der Waals surface area contributed by atoms with Crippen LogP contribution in [0.5, 0.6) is 0 Å². The zero-order valence-corrected chi connectivity index (χ0v) is 11.4. The number of carbonyl (C=O) groups is 1. The Balaban J connectivity index is 2.42. The molecule has 108 valence electrons. The monoisotopic (exact) mass is 279 g/mol. The molecule has 0 aliphatic heterocycles. The molecule has 0 radical (unpaired) electrons. The van der Waals surface area contributed by atoms with Gasteiger partial charge in [-0.1, -0.05) is 13.8 Å². The van der Waals surface area contributed by atoms with Crippen molar-refractivity contribution >= 4 is 17.5 Å². The second-order valence-electron chi connectivity index (χ2n) is 5.41. The summed E-state index contributed by atoms with van der Waals surface area (Å²) in [5.41, 5.74) is -0.404. The Bertz CT molecular complexity index is 540. The second kappa shape index (κ2) is 5.44. The van der Waals surface area contributed by atoms with Crippen LogP contribution in [-0.2, 0) is 0 Å². The quantitative estimate of drug-likeness (QED) is 0.634. The second-order valence-corrected chi connectivity index (χ2v) is 5.41. The van der Waals surface area contributed by atoms with Gasteiger partial charge < -0.3 is 10.0 Å². The number of carboxylic acids is 1. The molecule has 7 heteroatoms. The highest BCUT2D eigenvalue weighted by molar-refractivity contribution is 5.88. The minimum atomic E-state index is -1.21. The molecule has 1 fully saturated rings. The molecule has 0 aromatic carbocycles. The highest BCUT2D eigenvalue weighted by Gasteiger charge is 2.34. The van der Waals surface area contributed by atoms with Gasteiger partial charge in [0, 0.05) is 24.8 Å². The minimum absolute atomic E-state index is 0.166. The van der Waals surface area contributed by atoms with Crippen molar-refractivity contribution < 1.29 is 14.8 Å². The van der Waals surface area contributed by atoms with Gasteiger partial charge in [-0.25, -0.2) is 9.78 Å². The molecule has 0 bridgehead atoms. The van der Waals surface area contributed by atoms with Crippen molar-refractivity contribution in [1.82, 2.24) is 4.98 Å². The Morgan fingerprint density at radius 3 is 2.70 bits per heavy atom. The largest absolute Gasteiger partial charge is 0.478 e. The lowest BCUT2D eigenvalue weighted by Crippen LogP contribution is -2.31. The lowest BCUT2D eigenvalue weighted by molar-refractivity contribution is -0.384. The van der Waals surface area contributed by atoms with Crippen LogP contribution >= 0.6 is 0 Å². The molecule has 20 heavy (non-hydrogen) atoms. The molecule has 0 amide bonds. The molecule has 1 aromatic heterocycles. The molecule has 0 spiro atoms. The van der Waals surface area contributed by atoms with Crippen molar-refractivity contribution in [2.75, 3.05) is 11.4 Å². The van der Waals surface area contributed by atoms with E-state index in [1.165, 1.54) is 6.20 Å². The number of rotatable bonds is 6. The van der Waals surface area contributed by atoms with Crippen LogP contribution in [0.2, 0.25) is 0 Å². The third-order valence-corrected chi connectivity index (χ3v) is 3.11. The summed E-state index contributed by atoms with van der Waals surface area (Å²) in [6.45, 7) is 4.74. The highest BCUT2D eigenvalue weighted by Crippen LogP contribution is 2.36. The number of carboxylic acid groups (broad SMARTS) is 1. The fourth-order valence-corrected chi connectivity index (χ4v) is 2.11. The summed E-state index contributed by atoms with van der Waals surface area (Å²) in [5.74, 6) is -0.596. The molecule has 1 aliphatic carbocycles. The van der Waals surface area contributed by atoms with E-state index in [1.807, 2.05) is 18.7 Å². The van der Waals surface area contributed by atoms with Crippen molar-refractivity contribution in [3.63, 3.8) is 0 Å². The highest BCUT2D eigenvalue weighted by atomic mass is 16.6. The smallest absolute Gasteiger partial charge is 0.337 e. The molecule has 1 aromatic rings. The maximum absolute atomic E-state index is 11.2. The minimum Gasteiger partial charge on any atom is -0.478 e. The number of aromatic carboxylic acids is 1. The van der Waals surface area contributed by atoms with Crippen molar-refractivity contribution in [2.24, 2.45) is 5.92 Å². The van der Waals surface area contributed by atoms with Crippen molar-refractivity contribution in [3.8, 4) is 0 Å². The first kappa shape index (κ1) is 14.2. The molecule has 0 atom stereocenters. The van der Waals surface area contributed by atoms with Crippen molar-refractivity contribution in [1.29, 1.82) is 0 Å². The summed E-state index contributed by atoms with van der Waals surface area (Å²) in [7, 11) is 0. The Kier molecular flexibility index (Phi) is 3.87. The molecular formula is C13H17N3O4. The summed E-state index contributed by atoms with van der Waals surface area (Å²) >= 11 is 0. The van der Waals surface area contributed by atoms with Gasteiger partial charge >= 0.3 is 11.7 Å². The van der Waals surface area contributed by atoms with E-state index in [1.54, 1.807) is 0 Å². The number of pyridine rings is 1. The maximum Gasteiger partial charge on any atom is 0.337 e. The molecule has 0 saturated heterocycles. The number of aromatic nitrogens is 1. The van der Waals surface area contributed by atoms with Crippen LogP contribution in [0.15, 0.2) is 12.3 Å². The third-order valence-electron chi connectivity index (χ3n) is 3.11. The van der Waals surface area contributed by atoms with Gasteiger partial charge in [0.2, 0.25) is 5.82 Å². The Hall–Kier alpha value is -2.18. The van der Waals surface area contributed by atoms with E-state index >= 15 is 0 Å². The molecular weight excluding hydrogens is 262 g/mol. The lowest BCUT2D eigenvalue weighted by Gasteiger charge is -2.25. The summed E-state index contributed by atoms with van der Waals surface area (Å²) in [6, 6.07) is 1.36. The van der Waals surface area contributed by atoms with Gasteiger partial charge in [-0.3, -0.25) is 10.1 Å². The lowest BCUT2D eigenvalue weighted by atomic mass is 10.2. The zero-order chi connectivity index (χ0) is 14.9. The number of anilines is 1. The van der Waals surface area contributed by atoms with Gasteiger partial charge in [0.25, 0.3) is 0 Å². The van der Waals surface area contributed by atoms with E-state index in [2.05, 4.69) is 4.98 Å². The molecule has 1 N–H and O–H groups in total. The number of nitro groups is 1. The fourth-order valence-electron chi connectivity index (χ4n) is 2.11. The molecule has 1 aliphatic rings. The predicted octanol–water partition coefficient (Wildman–Crippen LogP) is 2.31. The Labute approximate surface area is 116 Å². The van der Waals surface area contributed by atoms with E-state index in [-0.39, 0.29) is 23.1 Å². The van der Waals surface area contributed by atoms with Gasteiger partial charge in [-0.15, -0.1) is 0 Å². The predicted molar refractivity (Wildman–Crippen MR) is 73.1 cm³/mol. The topological polar surface area (TPSA) is 96.6 Å². The third kappa shape index (κ3) is 3.04. The van der Waals surface area contributed by atoms with Gasteiger partial charge in [0.1, 0.15) is 0 Å². The van der Waals surface area contributed by atoms with Crippen molar-refractivity contribution in [3.05, 3.63) is 27.9 Å². The Morgan fingerprint density at radius 1 is 1.60 bits per heavy atom. The molecule has 0 unspecified atom stereocenters. The first-order chi connectivity index (χ1) is 9.40. The van der Waals surface area contributed by atoms with Crippen LogP contribution < -0.4 is 4.90 Å². The van der Waals surface area contributed by atoms with Crippen LogP contribution in [0, 0.1) is 16.0 Å². The summed E-state index contributed by atoms with van der Waals surface area (Å²) < 4.78 is 0. The molecule has 1 saturated carbocycles. The first-order valence-corrected chi connectivity index (χ1v) is 6.54. The average Bonchev–Trinajstić information content (AvgIpc) is 3.19. The van der Waals surface area contributed by atoms with Crippen LogP contribution in [0.4, 0.5) is 11.5 Å². The number of hydrogen-bond donors (Lipinski definition) is 1. The van der Waals surface area contributed by atoms with Crippen molar-refractivity contribution in [2.45, 2.75) is 32.7 Å². The van der Waals surface area contributed by atoms with Crippen LogP contribution in [0.1, 0.15) is 37.0 Å². The van der Waals surface area contributed by atoms with Crippen LogP contribution in [-0.4, -0.2) is 33.6 Å². The van der Waals surface area contributed by atoms with Crippen LogP contribution in [0.25, 0.3) is 0 Å². The van der Waals surface area contributed by atoms with Gasteiger partial charge in [-0.05, 0) is 18.8 Å². The normalized spacial score (nSPS) is 14.3. The molecule has 7 nitrogen and oxygen atoms in total. The van der Waals surface area contributed by atoms with E-state index in [0.717, 1.165) is 18.9 Å². The van der Waals surface area contributed by atoms with Gasteiger partial charge in [-0.2, -0.15) is 0 Å². The van der Waals surface area contributed by atoms with Crippen LogP contribution in [0.3, 0.4) is 0 Å². The molecule has 2 rings (SSSR count). The van der Waals surface area contributed by atoms with E-state index in [4.69, 9.17) is 5.11 Å². The van der Waals surface area contributed by atoms with Gasteiger partial charge in [0.15, 0.2) is 0 Å². The summed E-state index contributed by atoms with van der Waals surface area (Å²) in [5, 5.41) is 20.1. The SMILES string of the molecule is CC(C)CN(c1ncc(C(=O)O)cc1[N+](=O)[O-])C1CC1. The fraction of sp³-hybridized carbons (Fsp3) is 0.538. The van der Waals surface area contributed by atoms with E-state index in [9.17, 15) is 14.9 Å². The van der Waals surface area contributed by atoms with E-state index in [0.29, 0.717) is 12.5 Å². The average molecular weight is 279 g/mol. The van der Waals surface area contributed by atoms with E-state index < -0.39 is 10.9 Å². The zero-order valence-electron chi connectivity index (χ0n) is 11.4. The summed E-state index contributed by atoms with van der Waals surface area (Å²) in [4.78, 5) is 27.5. The number of nitrogens with zero attached hydrogens (tertiary/aromatic N) is 3. The van der Waals surface area contributed by atoms with Gasteiger partial charge in [0.05, 0.1) is 10.5 Å². The summed E-state index contributed by atoms with van der Waals surface area (Å²) in [6.07, 6.45) is 3.17. The standard InChI is InChI=1S/C13H17N3O4/c1-8(2)7-15(10-3-4-10)12-11(16(19)20)5-9(6-14-12)13(17)18/h5-6,8,10H,3-4,7H2,1-2H3,(H,17,18). The first-order valence-electron chi connectivity index (χ1n) is 6.54.